The lowest BCUT2D eigenvalue weighted by atomic mass is 10.0. The lowest BCUT2D eigenvalue weighted by molar-refractivity contribution is 0.165. The van der Waals surface area contributed by atoms with Crippen LogP contribution in [0.25, 0.3) is 0 Å². The van der Waals surface area contributed by atoms with Crippen molar-refractivity contribution in [2.45, 2.75) is 31.9 Å². The van der Waals surface area contributed by atoms with E-state index in [4.69, 9.17) is 22.2 Å². The topological polar surface area (TPSA) is 47.3 Å². The predicted octanol–water partition coefficient (Wildman–Crippen LogP) is 3.57. The van der Waals surface area contributed by atoms with Crippen LogP contribution in [0.1, 0.15) is 18.9 Å². The van der Waals surface area contributed by atoms with E-state index in [0.29, 0.717) is 5.02 Å². The van der Waals surface area contributed by atoms with E-state index in [2.05, 4.69) is 17.6 Å². The van der Waals surface area contributed by atoms with Crippen LogP contribution in [0.5, 0.6) is 5.75 Å². The monoisotopic (exact) mass is 304 g/mol. The Bertz CT molecular complexity index is 547. The second-order valence-electron chi connectivity index (χ2n) is 5.08. The van der Waals surface area contributed by atoms with Gasteiger partial charge in [0.25, 0.3) is 0 Å². The van der Waals surface area contributed by atoms with Crippen molar-refractivity contribution in [3.05, 3.63) is 65.2 Å². The van der Waals surface area contributed by atoms with Crippen molar-refractivity contribution < 1.29 is 4.74 Å². The molecule has 0 aromatic heterocycles. The lowest BCUT2D eigenvalue weighted by Crippen LogP contribution is -2.45. The Morgan fingerprint density at radius 2 is 1.90 bits per heavy atom. The van der Waals surface area contributed by atoms with Crippen LogP contribution in [0.4, 0.5) is 0 Å². The minimum absolute atomic E-state index is 0.0443. The molecule has 3 N–H and O–H groups in total. The van der Waals surface area contributed by atoms with Crippen LogP contribution in [0.3, 0.4) is 0 Å². The zero-order chi connectivity index (χ0) is 15.1. The van der Waals surface area contributed by atoms with Crippen molar-refractivity contribution >= 4 is 11.6 Å². The maximum absolute atomic E-state index is 5.96. The molecular weight excluding hydrogens is 284 g/mol. The van der Waals surface area contributed by atoms with Crippen LogP contribution < -0.4 is 16.0 Å². The number of aryl methyl sites for hydroxylation is 1. The predicted molar refractivity (Wildman–Crippen MR) is 87.4 cm³/mol. The van der Waals surface area contributed by atoms with Gasteiger partial charge in [0.2, 0.25) is 0 Å². The number of nitrogens with one attached hydrogen (secondary N) is 1. The number of benzene rings is 2. The van der Waals surface area contributed by atoms with E-state index in [-0.39, 0.29) is 12.1 Å². The van der Waals surface area contributed by atoms with Crippen molar-refractivity contribution in [3.8, 4) is 5.75 Å². The van der Waals surface area contributed by atoms with E-state index < -0.39 is 0 Å². The van der Waals surface area contributed by atoms with Crippen molar-refractivity contribution in [2.24, 2.45) is 5.84 Å². The second-order valence-corrected chi connectivity index (χ2v) is 5.51. The Labute approximate surface area is 131 Å². The molecule has 0 fully saturated rings. The van der Waals surface area contributed by atoms with Crippen molar-refractivity contribution in [2.75, 3.05) is 0 Å². The van der Waals surface area contributed by atoms with Crippen LogP contribution >= 0.6 is 11.6 Å². The van der Waals surface area contributed by atoms with E-state index in [1.807, 2.05) is 49.4 Å². The summed E-state index contributed by atoms with van der Waals surface area (Å²) in [6, 6.07) is 17.8. The van der Waals surface area contributed by atoms with Gasteiger partial charge in [-0.1, -0.05) is 48.0 Å². The quantitative estimate of drug-likeness (QED) is 0.607. The van der Waals surface area contributed by atoms with Gasteiger partial charge in [-0.05, 0) is 43.5 Å². The van der Waals surface area contributed by atoms with Gasteiger partial charge in [0, 0.05) is 5.02 Å². The van der Waals surface area contributed by atoms with Gasteiger partial charge in [0.15, 0.2) is 0 Å². The Kier molecular flexibility index (Phi) is 6.05. The van der Waals surface area contributed by atoms with Gasteiger partial charge in [0.1, 0.15) is 11.9 Å². The highest BCUT2D eigenvalue weighted by atomic mass is 35.5. The van der Waals surface area contributed by atoms with Crippen LogP contribution in [-0.2, 0) is 6.42 Å². The van der Waals surface area contributed by atoms with Gasteiger partial charge >= 0.3 is 0 Å². The maximum Gasteiger partial charge on any atom is 0.121 e. The molecule has 0 spiro atoms. The number of nitrogens with two attached hydrogens (primary N) is 1. The molecule has 0 aliphatic heterocycles. The standard InChI is InChI=1S/C17H21ClN2O/c1-13(21-16-9-5-8-15(18)12-16)17(20-19)11-10-14-6-3-2-4-7-14/h2-9,12-13,17,20H,10-11,19H2,1H3. The SMILES string of the molecule is CC(Oc1cccc(Cl)c1)C(CCc1ccccc1)NN. The minimum Gasteiger partial charge on any atom is -0.489 e. The van der Waals surface area contributed by atoms with Crippen LogP contribution in [0.2, 0.25) is 5.02 Å². The molecule has 0 saturated carbocycles. The average molecular weight is 305 g/mol. The first-order valence-corrected chi connectivity index (χ1v) is 7.49. The third-order valence-electron chi connectivity index (χ3n) is 3.49. The molecule has 3 nitrogen and oxygen atoms in total. The van der Waals surface area contributed by atoms with Gasteiger partial charge in [-0.3, -0.25) is 11.3 Å². The summed E-state index contributed by atoms with van der Waals surface area (Å²) in [5.41, 5.74) is 4.15. The van der Waals surface area contributed by atoms with Crippen LogP contribution in [0.15, 0.2) is 54.6 Å². The van der Waals surface area contributed by atoms with Gasteiger partial charge in [-0.15, -0.1) is 0 Å². The lowest BCUT2D eigenvalue weighted by Gasteiger charge is -2.24. The molecule has 112 valence electrons. The molecule has 0 aliphatic rings. The zero-order valence-electron chi connectivity index (χ0n) is 12.1. The number of hydrogen-bond acceptors (Lipinski definition) is 3. The highest BCUT2D eigenvalue weighted by Crippen LogP contribution is 2.20. The smallest absolute Gasteiger partial charge is 0.121 e. The summed E-state index contributed by atoms with van der Waals surface area (Å²) in [7, 11) is 0. The molecule has 0 aliphatic carbocycles. The number of hydrogen-bond donors (Lipinski definition) is 2. The van der Waals surface area contributed by atoms with Gasteiger partial charge in [-0.25, -0.2) is 0 Å². The third kappa shape index (κ3) is 5.05. The third-order valence-corrected chi connectivity index (χ3v) is 3.72. The fourth-order valence-corrected chi connectivity index (χ4v) is 2.44. The Morgan fingerprint density at radius 3 is 2.57 bits per heavy atom. The summed E-state index contributed by atoms with van der Waals surface area (Å²) in [4.78, 5) is 0. The molecule has 0 amide bonds. The molecule has 0 bridgehead atoms. The van der Waals surface area contributed by atoms with E-state index in [9.17, 15) is 0 Å². The van der Waals surface area contributed by atoms with Crippen LogP contribution in [-0.4, -0.2) is 12.1 Å². The van der Waals surface area contributed by atoms with E-state index >= 15 is 0 Å². The van der Waals surface area contributed by atoms with Crippen molar-refractivity contribution in [3.63, 3.8) is 0 Å². The van der Waals surface area contributed by atoms with Gasteiger partial charge in [0.05, 0.1) is 6.04 Å². The number of ether oxygens (including phenoxy) is 1. The first kappa shape index (κ1) is 15.8. The Morgan fingerprint density at radius 1 is 1.14 bits per heavy atom. The minimum atomic E-state index is -0.0443. The average Bonchev–Trinajstić information content (AvgIpc) is 2.49. The molecule has 2 aromatic rings. The van der Waals surface area contributed by atoms with Gasteiger partial charge < -0.3 is 4.74 Å². The number of hydrazine groups is 1. The molecule has 0 radical (unpaired) electrons. The Hall–Kier alpha value is -1.55. The maximum atomic E-state index is 5.96. The molecule has 21 heavy (non-hydrogen) atoms. The largest absolute Gasteiger partial charge is 0.489 e. The summed E-state index contributed by atoms with van der Waals surface area (Å²) in [5, 5.41) is 0.668. The number of halogens is 1. The molecule has 4 heteroatoms. The number of rotatable bonds is 7. The summed E-state index contributed by atoms with van der Waals surface area (Å²) in [5.74, 6) is 6.42. The summed E-state index contributed by atoms with van der Waals surface area (Å²) < 4.78 is 5.91. The fourth-order valence-electron chi connectivity index (χ4n) is 2.26. The first-order chi connectivity index (χ1) is 10.2. The van der Waals surface area contributed by atoms with E-state index in [1.54, 1.807) is 0 Å². The molecule has 2 aromatic carbocycles. The molecule has 2 unspecified atom stereocenters. The molecule has 2 atom stereocenters. The molecule has 0 saturated heterocycles. The second kappa shape index (κ2) is 8.03. The van der Waals surface area contributed by atoms with Crippen molar-refractivity contribution in [1.29, 1.82) is 0 Å². The summed E-state index contributed by atoms with van der Waals surface area (Å²) in [6.07, 6.45) is 1.82. The van der Waals surface area contributed by atoms with Crippen molar-refractivity contribution in [1.82, 2.24) is 5.43 Å². The highest BCUT2D eigenvalue weighted by Gasteiger charge is 2.17. The van der Waals surface area contributed by atoms with Crippen LogP contribution in [0, 0.1) is 0 Å². The highest BCUT2D eigenvalue weighted by molar-refractivity contribution is 6.30. The molecule has 2 rings (SSSR count). The summed E-state index contributed by atoms with van der Waals surface area (Å²) >= 11 is 5.96. The first-order valence-electron chi connectivity index (χ1n) is 7.11. The summed E-state index contributed by atoms with van der Waals surface area (Å²) in [6.45, 7) is 2.01. The van der Waals surface area contributed by atoms with E-state index in [0.717, 1.165) is 18.6 Å². The normalized spacial score (nSPS) is 13.7. The zero-order valence-corrected chi connectivity index (χ0v) is 12.9. The van der Waals surface area contributed by atoms with E-state index in [1.165, 1.54) is 5.56 Å². The fraction of sp³-hybridized carbons (Fsp3) is 0.294. The molecular formula is C17H21ClN2O. The Balaban J connectivity index is 1.90. The molecule has 0 heterocycles. The van der Waals surface area contributed by atoms with Gasteiger partial charge in [-0.2, -0.15) is 0 Å².